The molecule has 0 aliphatic rings. The number of hydrogen-bond donors (Lipinski definition) is 0. The molecule has 13 heavy (non-hydrogen) atoms. The molecule has 0 amide bonds. The highest BCUT2D eigenvalue weighted by molar-refractivity contribution is 6.70. The van der Waals surface area contributed by atoms with E-state index in [4.69, 9.17) is 9.16 Å². The molecule has 0 radical (unpaired) electrons. The first kappa shape index (κ1) is 12.6. The van der Waals surface area contributed by atoms with E-state index in [1.54, 1.807) is 6.26 Å². The van der Waals surface area contributed by atoms with Gasteiger partial charge in [-0.25, -0.2) is 0 Å². The quantitative estimate of drug-likeness (QED) is 0.515. The molecule has 0 saturated carbocycles. The largest absolute Gasteiger partial charge is 0.545 e. The maximum Gasteiger partial charge on any atom is 0.241 e. The zero-order chi connectivity index (χ0) is 10.7. The van der Waals surface area contributed by atoms with Gasteiger partial charge in [0.25, 0.3) is 0 Å². The van der Waals surface area contributed by atoms with Gasteiger partial charge in [0.1, 0.15) is 12.0 Å². The van der Waals surface area contributed by atoms with Crippen molar-refractivity contribution in [2.24, 2.45) is 0 Å². The van der Waals surface area contributed by atoms with Gasteiger partial charge in [-0.3, -0.25) is 0 Å². The molecule has 0 aromatic rings. The Hall–Kier alpha value is -0.443. The lowest BCUT2D eigenvalue weighted by Crippen LogP contribution is -2.24. The molecule has 0 aliphatic carbocycles. The van der Waals surface area contributed by atoms with Crippen LogP contribution in [0, 0.1) is 0 Å². The van der Waals surface area contributed by atoms with Gasteiger partial charge in [-0.2, -0.15) is 0 Å². The van der Waals surface area contributed by atoms with E-state index in [2.05, 4.69) is 19.6 Å². The molecule has 3 heteroatoms. The van der Waals surface area contributed by atoms with Gasteiger partial charge >= 0.3 is 0 Å². The fraction of sp³-hybridized carbons (Fsp3) is 0.800. The van der Waals surface area contributed by atoms with Crippen LogP contribution >= 0.6 is 0 Å². The molecule has 0 aliphatic heterocycles. The first-order valence-electron chi connectivity index (χ1n) is 4.64. The van der Waals surface area contributed by atoms with Gasteiger partial charge in [0, 0.05) is 0 Å². The Balaban J connectivity index is 4.05. The predicted molar refractivity (Wildman–Crippen MR) is 59.0 cm³/mol. The first-order valence-corrected chi connectivity index (χ1v) is 8.04. The molecular weight excluding hydrogens is 180 g/mol. The van der Waals surface area contributed by atoms with E-state index in [1.807, 2.05) is 27.7 Å². The zero-order valence-electron chi connectivity index (χ0n) is 9.89. The van der Waals surface area contributed by atoms with Crippen LogP contribution in [0.15, 0.2) is 12.0 Å². The van der Waals surface area contributed by atoms with Crippen molar-refractivity contribution < 1.29 is 9.16 Å². The molecule has 0 heterocycles. The number of allylic oxidation sites excluding steroid dienone is 1. The van der Waals surface area contributed by atoms with Crippen LogP contribution in [0.3, 0.4) is 0 Å². The number of rotatable bonds is 3. The third kappa shape index (κ3) is 9.47. The van der Waals surface area contributed by atoms with Crippen molar-refractivity contribution in [3.63, 3.8) is 0 Å². The average Bonchev–Trinajstić information content (AvgIpc) is 1.78. The third-order valence-electron chi connectivity index (χ3n) is 1.05. The van der Waals surface area contributed by atoms with Crippen molar-refractivity contribution in [2.75, 3.05) is 0 Å². The van der Waals surface area contributed by atoms with Gasteiger partial charge < -0.3 is 9.16 Å². The lowest BCUT2D eigenvalue weighted by Gasteiger charge is -2.22. The topological polar surface area (TPSA) is 18.5 Å². The van der Waals surface area contributed by atoms with Crippen LogP contribution in [-0.4, -0.2) is 13.9 Å². The van der Waals surface area contributed by atoms with Gasteiger partial charge in [-0.1, -0.05) is 0 Å². The highest BCUT2D eigenvalue weighted by atomic mass is 28.4. The maximum atomic E-state index is 5.71. The van der Waals surface area contributed by atoms with Gasteiger partial charge in [-0.15, -0.1) is 0 Å². The molecule has 0 aromatic carbocycles. The van der Waals surface area contributed by atoms with Crippen molar-refractivity contribution >= 4 is 8.32 Å². The van der Waals surface area contributed by atoms with E-state index in [-0.39, 0.29) is 5.60 Å². The highest BCUT2D eigenvalue weighted by Gasteiger charge is 2.16. The van der Waals surface area contributed by atoms with E-state index < -0.39 is 8.32 Å². The number of ether oxygens (including phenoxy) is 1. The Morgan fingerprint density at radius 1 is 1.15 bits per heavy atom. The Morgan fingerprint density at radius 3 is 1.92 bits per heavy atom. The summed E-state index contributed by atoms with van der Waals surface area (Å²) in [5, 5.41) is 0. The van der Waals surface area contributed by atoms with Gasteiger partial charge in [0.2, 0.25) is 8.32 Å². The summed E-state index contributed by atoms with van der Waals surface area (Å²) in [6.45, 7) is 14.5. The van der Waals surface area contributed by atoms with Gasteiger partial charge in [0.15, 0.2) is 0 Å². The van der Waals surface area contributed by atoms with Crippen molar-refractivity contribution in [1.29, 1.82) is 0 Å². The molecule has 0 fully saturated rings. The molecule has 0 spiro atoms. The van der Waals surface area contributed by atoms with Crippen molar-refractivity contribution in [3.8, 4) is 0 Å². The summed E-state index contributed by atoms with van der Waals surface area (Å²) in [6.07, 6.45) is 1.71. The second-order valence-electron chi connectivity index (χ2n) is 5.17. The van der Waals surface area contributed by atoms with Crippen molar-refractivity contribution in [3.05, 3.63) is 12.0 Å². The average molecular weight is 202 g/mol. The monoisotopic (exact) mass is 202 g/mol. The van der Waals surface area contributed by atoms with Crippen LogP contribution in [-0.2, 0) is 9.16 Å². The zero-order valence-corrected chi connectivity index (χ0v) is 10.9. The number of hydrogen-bond acceptors (Lipinski definition) is 2. The minimum atomic E-state index is -1.46. The molecule has 78 valence electrons. The van der Waals surface area contributed by atoms with Crippen LogP contribution in [0.5, 0.6) is 0 Å². The molecule has 0 unspecified atom stereocenters. The normalized spacial score (nSPS) is 14.2. The highest BCUT2D eigenvalue weighted by Crippen LogP contribution is 2.13. The SMILES string of the molecule is C/C(=C/OC(C)(C)C)O[Si](C)(C)C. The molecule has 2 nitrogen and oxygen atoms in total. The lowest BCUT2D eigenvalue weighted by atomic mass is 10.2. The maximum absolute atomic E-state index is 5.71. The lowest BCUT2D eigenvalue weighted by molar-refractivity contribution is 0.0702. The van der Waals surface area contributed by atoms with Gasteiger partial charge in [-0.05, 0) is 47.3 Å². The van der Waals surface area contributed by atoms with E-state index in [9.17, 15) is 0 Å². The predicted octanol–water partition coefficient (Wildman–Crippen LogP) is 3.51. The fourth-order valence-corrected chi connectivity index (χ4v) is 1.78. The summed E-state index contributed by atoms with van der Waals surface area (Å²) >= 11 is 0. The molecule has 0 atom stereocenters. The second kappa shape index (κ2) is 4.18. The molecular formula is C10H22O2Si. The smallest absolute Gasteiger partial charge is 0.241 e. The van der Waals surface area contributed by atoms with E-state index in [1.165, 1.54) is 0 Å². The van der Waals surface area contributed by atoms with Crippen LogP contribution in [0.4, 0.5) is 0 Å². The van der Waals surface area contributed by atoms with Gasteiger partial charge in [0.05, 0.1) is 5.60 Å². The first-order chi connectivity index (χ1) is 5.60. The van der Waals surface area contributed by atoms with Crippen LogP contribution in [0.1, 0.15) is 27.7 Å². The second-order valence-corrected chi connectivity index (χ2v) is 9.60. The van der Waals surface area contributed by atoms with E-state index >= 15 is 0 Å². The summed E-state index contributed by atoms with van der Waals surface area (Å²) in [5.41, 5.74) is -0.135. The summed E-state index contributed by atoms with van der Waals surface area (Å²) in [5.74, 6) is 0.870. The molecule has 0 aromatic heterocycles. The van der Waals surface area contributed by atoms with Crippen molar-refractivity contribution in [2.45, 2.75) is 52.9 Å². The summed E-state index contributed by atoms with van der Waals surface area (Å²) < 4.78 is 11.2. The van der Waals surface area contributed by atoms with Crippen LogP contribution in [0.2, 0.25) is 19.6 Å². The standard InChI is InChI=1S/C10H22O2Si/c1-9(12-13(5,6)7)8-11-10(2,3)4/h8H,1-7H3/b9-8-. The minimum absolute atomic E-state index is 0.135. The molecule has 0 rings (SSSR count). The Kier molecular flexibility index (Phi) is 4.04. The molecule has 0 N–H and O–H groups in total. The van der Waals surface area contributed by atoms with Crippen molar-refractivity contribution in [1.82, 2.24) is 0 Å². The Morgan fingerprint density at radius 2 is 1.62 bits per heavy atom. The fourth-order valence-electron chi connectivity index (χ4n) is 0.767. The Labute approximate surface area is 83.1 Å². The summed E-state index contributed by atoms with van der Waals surface area (Å²) in [7, 11) is -1.46. The van der Waals surface area contributed by atoms with E-state index in [0.29, 0.717) is 0 Å². The molecule has 0 bridgehead atoms. The summed E-state index contributed by atoms with van der Waals surface area (Å²) in [6, 6.07) is 0. The van der Waals surface area contributed by atoms with Crippen LogP contribution in [0.25, 0.3) is 0 Å². The van der Waals surface area contributed by atoms with E-state index in [0.717, 1.165) is 5.76 Å². The third-order valence-corrected chi connectivity index (χ3v) is 1.98. The summed E-state index contributed by atoms with van der Waals surface area (Å²) in [4.78, 5) is 0. The Bertz CT molecular complexity index is 184. The van der Waals surface area contributed by atoms with Crippen LogP contribution < -0.4 is 0 Å². The minimum Gasteiger partial charge on any atom is -0.545 e. The molecule has 0 saturated heterocycles.